The van der Waals surface area contributed by atoms with E-state index in [1.54, 1.807) is 0 Å². The molecule has 0 aromatic heterocycles. The summed E-state index contributed by atoms with van der Waals surface area (Å²) in [6, 6.07) is 4.63. The molecule has 2 atom stereocenters. The Morgan fingerprint density at radius 2 is 1.85 bits per heavy atom. The Morgan fingerprint density at radius 1 is 1.25 bits per heavy atom. The highest BCUT2D eigenvalue weighted by Gasteiger charge is 2.38. The van der Waals surface area contributed by atoms with Crippen molar-refractivity contribution in [1.82, 2.24) is 4.72 Å². The van der Waals surface area contributed by atoms with Gasteiger partial charge in [0.05, 0.1) is 35.7 Å². The first kappa shape index (κ1) is 15.2. The molecule has 1 aromatic carbocycles. The van der Waals surface area contributed by atoms with Crippen LogP contribution in [0.4, 0.5) is 0 Å². The molecule has 0 spiro atoms. The molecular weight excluding hydrogens is 306 g/mol. The molecule has 0 aliphatic carbocycles. The van der Waals surface area contributed by atoms with Gasteiger partial charge in [-0.2, -0.15) is 0 Å². The molecule has 112 valence electrons. The van der Waals surface area contributed by atoms with E-state index in [2.05, 4.69) is 4.72 Å². The molecule has 1 aromatic rings. The number of benzene rings is 1. The standard InChI is InChI=1S/C11H15NO6S2/c1-18-8-2-4-9(5-3-8)20(16,17)12-10-6-19(14,15)7-11(10)13/h2-5,10-13H,6-7H2,1H3/t10-,11+/m0/s1. The van der Waals surface area contributed by atoms with Crippen molar-refractivity contribution in [1.29, 1.82) is 0 Å². The summed E-state index contributed by atoms with van der Waals surface area (Å²) >= 11 is 0. The lowest BCUT2D eigenvalue weighted by Gasteiger charge is -2.15. The van der Waals surface area contributed by atoms with E-state index in [9.17, 15) is 21.9 Å². The van der Waals surface area contributed by atoms with Crippen LogP contribution in [-0.4, -0.2) is 52.7 Å². The zero-order chi connectivity index (χ0) is 15.0. The van der Waals surface area contributed by atoms with Gasteiger partial charge in [0.2, 0.25) is 10.0 Å². The minimum Gasteiger partial charge on any atom is -0.497 e. The second-order valence-electron chi connectivity index (χ2n) is 4.55. The van der Waals surface area contributed by atoms with E-state index >= 15 is 0 Å². The Hall–Kier alpha value is -1.16. The Bertz CT molecular complexity index is 680. The number of rotatable bonds is 4. The van der Waals surface area contributed by atoms with Crippen LogP contribution in [0.15, 0.2) is 29.2 Å². The highest BCUT2D eigenvalue weighted by molar-refractivity contribution is 7.92. The van der Waals surface area contributed by atoms with Crippen molar-refractivity contribution in [3.05, 3.63) is 24.3 Å². The molecule has 0 saturated carbocycles. The summed E-state index contributed by atoms with van der Waals surface area (Å²) in [6.45, 7) is 0. The fourth-order valence-electron chi connectivity index (χ4n) is 1.96. The van der Waals surface area contributed by atoms with Gasteiger partial charge in [0.15, 0.2) is 9.84 Å². The lowest BCUT2D eigenvalue weighted by atomic mass is 10.2. The van der Waals surface area contributed by atoms with E-state index in [1.165, 1.54) is 31.4 Å². The first-order valence-corrected chi connectivity index (χ1v) is 9.09. The van der Waals surface area contributed by atoms with Gasteiger partial charge in [0.1, 0.15) is 5.75 Å². The lowest BCUT2D eigenvalue weighted by Crippen LogP contribution is -2.42. The second kappa shape index (κ2) is 5.32. The molecule has 1 heterocycles. The van der Waals surface area contributed by atoms with E-state index in [1.807, 2.05) is 0 Å². The summed E-state index contributed by atoms with van der Waals surface area (Å²) in [5.41, 5.74) is 0. The maximum absolute atomic E-state index is 12.1. The molecule has 0 radical (unpaired) electrons. The van der Waals surface area contributed by atoms with Gasteiger partial charge in [-0.3, -0.25) is 0 Å². The smallest absolute Gasteiger partial charge is 0.240 e. The van der Waals surface area contributed by atoms with E-state index in [4.69, 9.17) is 4.74 Å². The average molecular weight is 321 g/mol. The monoisotopic (exact) mass is 321 g/mol. The maximum atomic E-state index is 12.1. The number of nitrogens with one attached hydrogen (secondary N) is 1. The summed E-state index contributed by atoms with van der Waals surface area (Å²) in [6.07, 6.45) is -1.23. The van der Waals surface area contributed by atoms with Gasteiger partial charge in [-0.15, -0.1) is 0 Å². The average Bonchev–Trinajstić information content (AvgIpc) is 2.61. The van der Waals surface area contributed by atoms with Gasteiger partial charge in [-0.05, 0) is 24.3 Å². The molecule has 2 N–H and O–H groups in total. The summed E-state index contributed by atoms with van der Waals surface area (Å²) in [4.78, 5) is -0.0187. The molecule has 7 nitrogen and oxygen atoms in total. The van der Waals surface area contributed by atoms with Crippen LogP contribution in [0, 0.1) is 0 Å². The number of hydrogen-bond acceptors (Lipinski definition) is 6. The first-order chi connectivity index (χ1) is 9.23. The van der Waals surface area contributed by atoms with Crippen LogP contribution in [0.3, 0.4) is 0 Å². The second-order valence-corrected chi connectivity index (χ2v) is 8.42. The van der Waals surface area contributed by atoms with Crippen LogP contribution in [0.1, 0.15) is 0 Å². The largest absolute Gasteiger partial charge is 0.497 e. The molecule has 0 bridgehead atoms. The Balaban J connectivity index is 2.19. The van der Waals surface area contributed by atoms with Crippen molar-refractivity contribution in [2.24, 2.45) is 0 Å². The normalized spacial score (nSPS) is 25.5. The Labute approximate surface area is 117 Å². The molecular formula is C11H15NO6S2. The summed E-state index contributed by atoms with van der Waals surface area (Å²) in [7, 11) is -5.83. The fourth-order valence-corrected chi connectivity index (χ4v) is 5.08. The van der Waals surface area contributed by atoms with E-state index in [0.29, 0.717) is 5.75 Å². The van der Waals surface area contributed by atoms with E-state index in [0.717, 1.165) is 0 Å². The lowest BCUT2D eigenvalue weighted by molar-refractivity contribution is 0.176. The quantitative estimate of drug-likeness (QED) is 0.746. The molecule has 1 aliphatic rings. The van der Waals surface area contributed by atoms with Crippen molar-refractivity contribution < 1.29 is 26.7 Å². The number of ether oxygens (including phenoxy) is 1. The number of aliphatic hydroxyl groups is 1. The van der Waals surface area contributed by atoms with Crippen molar-refractivity contribution in [2.45, 2.75) is 17.0 Å². The van der Waals surface area contributed by atoms with Crippen molar-refractivity contribution in [3.8, 4) is 5.75 Å². The van der Waals surface area contributed by atoms with Crippen LogP contribution < -0.4 is 9.46 Å². The number of sulfone groups is 1. The van der Waals surface area contributed by atoms with Crippen molar-refractivity contribution >= 4 is 19.9 Å². The maximum Gasteiger partial charge on any atom is 0.240 e. The molecule has 9 heteroatoms. The predicted molar refractivity (Wildman–Crippen MR) is 71.8 cm³/mol. The van der Waals surface area contributed by atoms with Crippen molar-refractivity contribution in [2.75, 3.05) is 18.6 Å². The van der Waals surface area contributed by atoms with Crippen LogP contribution in [0.2, 0.25) is 0 Å². The zero-order valence-corrected chi connectivity index (χ0v) is 12.3. The zero-order valence-electron chi connectivity index (χ0n) is 10.7. The number of sulfonamides is 1. The number of aliphatic hydroxyl groups excluding tert-OH is 1. The SMILES string of the molecule is COc1ccc(S(=O)(=O)N[C@H]2CS(=O)(=O)C[C@H]2O)cc1. The molecule has 1 aliphatic heterocycles. The minimum atomic E-state index is -3.88. The van der Waals surface area contributed by atoms with Crippen LogP contribution >= 0.6 is 0 Å². The van der Waals surface area contributed by atoms with Gasteiger partial charge >= 0.3 is 0 Å². The van der Waals surface area contributed by atoms with E-state index in [-0.39, 0.29) is 4.90 Å². The van der Waals surface area contributed by atoms with E-state index < -0.39 is 43.5 Å². The van der Waals surface area contributed by atoms with Gasteiger partial charge in [-0.1, -0.05) is 0 Å². The van der Waals surface area contributed by atoms with Crippen LogP contribution in [0.25, 0.3) is 0 Å². The molecule has 0 amide bonds. The fraction of sp³-hybridized carbons (Fsp3) is 0.455. The first-order valence-electron chi connectivity index (χ1n) is 5.78. The van der Waals surface area contributed by atoms with Gasteiger partial charge in [0.25, 0.3) is 0 Å². The van der Waals surface area contributed by atoms with Gasteiger partial charge in [-0.25, -0.2) is 21.6 Å². The summed E-state index contributed by atoms with van der Waals surface area (Å²) in [5.74, 6) is -0.320. The number of methoxy groups -OCH3 is 1. The van der Waals surface area contributed by atoms with Gasteiger partial charge in [0, 0.05) is 0 Å². The third kappa shape index (κ3) is 3.29. The topological polar surface area (TPSA) is 110 Å². The Kier molecular flexibility index (Phi) is 4.05. The molecule has 0 unspecified atom stereocenters. The molecule has 1 fully saturated rings. The summed E-state index contributed by atoms with van der Waals surface area (Å²) < 4.78 is 54.0. The van der Waals surface area contributed by atoms with Crippen molar-refractivity contribution in [3.63, 3.8) is 0 Å². The predicted octanol–water partition coefficient (Wildman–Crippen LogP) is -0.869. The molecule has 2 rings (SSSR count). The highest BCUT2D eigenvalue weighted by Crippen LogP contribution is 2.18. The van der Waals surface area contributed by atoms with Crippen LogP contribution in [0.5, 0.6) is 5.75 Å². The van der Waals surface area contributed by atoms with Crippen LogP contribution in [-0.2, 0) is 19.9 Å². The molecule has 1 saturated heterocycles. The summed E-state index contributed by atoms with van der Waals surface area (Å²) in [5, 5.41) is 9.59. The Morgan fingerprint density at radius 3 is 2.30 bits per heavy atom. The highest BCUT2D eigenvalue weighted by atomic mass is 32.2. The van der Waals surface area contributed by atoms with Gasteiger partial charge < -0.3 is 9.84 Å². The molecule has 20 heavy (non-hydrogen) atoms. The third-order valence-electron chi connectivity index (χ3n) is 3.00. The third-order valence-corrected chi connectivity index (χ3v) is 6.22. The minimum absolute atomic E-state index is 0.0187. The number of hydrogen-bond donors (Lipinski definition) is 2.